The third kappa shape index (κ3) is 4.56. The summed E-state index contributed by atoms with van der Waals surface area (Å²) in [5.74, 6) is 0.431. The normalized spacial score (nSPS) is 10.6. The Morgan fingerprint density at radius 1 is 0.968 bits per heavy atom. The first-order valence-electron chi connectivity index (χ1n) is 9.99. The lowest BCUT2D eigenvalue weighted by atomic mass is 10.1. The molecule has 2 amide bonds. The monoisotopic (exact) mass is 414 g/mol. The lowest BCUT2D eigenvalue weighted by Gasteiger charge is -2.12. The third-order valence-electron chi connectivity index (χ3n) is 4.69. The molecule has 1 heterocycles. The van der Waals surface area contributed by atoms with E-state index in [1.165, 1.54) is 0 Å². The minimum absolute atomic E-state index is 0.173. The van der Waals surface area contributed by atoms with E-state index in [1.54, 1.807) is 30.3 Å². The van der Waals surface area contributed by atoms with Crippen molar-refractivity contribution in [3.8, 4) is 17.1 Å². The molecular formula is C24H22N4O3. The number of ether oxygens (including phenoxy) is 1. The number of hydrogen-bond donors (Lipinski definition) is 3. The predicted molar refractivity (Wildman–Crippen MR) is 120 cm³/mol. The molecule has 7 nitrogen and oxygen atoms in total. The van der Waals surface area contributed by atoms with Crippen molar-refractivity contribution in [1.82, 2.24) is 15.3 Å². The number of fused-ring (bicyclic) bond motifs is 1. The standard InChI is InChI=1S/C24H22N4O3/c1-2-31-21-14-8-4-10-17(21)24(30)25-15-22(29)26-18-11-5-3-9-16(18)23-27-19-12-6-7-13-20(19)28-23/h3-14H,2,15H2,1H3,(H,25,30)(H,26,29)(H,27,28). The summed E-state index contributed by atoms with van der Waals surface area (Å²) in [5.41, 5.74) is 3.52. The highest BCUT2D eigenvalue weighted by molar-refractivity contribution is 6.02. The SMILES string of the molecule is CCOc1ccccc1C(=O)NCC(=O)Nc1ccccc1-c1nc2ccccc2[nH]1. The topological polar surface area (TPSA) is 96.1 Å². The Hall–Kier alpha value is -4.13. The van der Waals surface area contributed by atoms with Crippen LogP contribution in [0.25, 0.3) is 22.4 Å². The molecule has 0 bridgehead atoms. The number of para-hydroxylation sites is 4. The molecule has 31 heavy (non-hydrogen) atoms. The van der Waals surface area contributed by atoms with E-state index >= 15 is 0 Å². The molecule has 0 aliphatic rings. The van der Waals surface area contributed by atoms with Crippen molar-refractivity contribution < 1.29 is 14.3 Å². The van der Waals surface area contributed by atoms with Crippen molar-refractivity contribution in [1.29, 1.82) is 0 Å². The number of carbonyl (C=O) groups is 2. The number of aromatic amines is 1. The van der Waals surface area contributed by atoms with Crippen LogP contribution < -0.4 is 15.4 Å². The number of nitrogens with zero attached hydrogens (tertiary/aromatic N) is 1. The van der Waals surface area contributed by atoms with E-state index in [0.717, 1.165) is 16.6 Å². The summed E-state index contributed by atoms with van der Waals surface area (Å²) in [7, 11) is 0. The van der Waals surface area contributed by atoms with Crippen molar-refractivity contribution in [2.24, 2.45) is 0 Å². The highest BCUT2D eigenvalue weighted by Gasteiger charge is 2.15. The summed E-state index contributed by atoms with van der Waals surface area (Å²) >= 11 is 0. The number of H-pyrrole nitrogens is 1. The number of imidazole rings is 1. The first-order valence-corrected chi connectivity index (χ1v) is 9.99. The minimum Gasteiger partial charge on any atom is -0.493 e. The van der Waals surface area contributed by atoms with Gasteiger partial charge in [-0.15, -0.1) is 0 Å². The van der Waals surface area contributed by atoms with Gasteiger partial charge in [-0.3, -0.25) is 9.59 Å². The van der Waals surface area contributed by atoms with Crippen LogP contribution in [-0.4, -0.2) is 34.9 Å². The second-order valence-electron chi connectivity index (χ2n) is 6.81. The molecule has 0 aliphatic carbocycles. The molecule has 0 radical (unpaired) electrons. The molecule has 3 N–H and O–H groups in total. The van der Waals surface area contributed by atoms with Gasteiger partial charge >= 0.3 is 0 Å². The molecule has 3 aromatic carbocycles. The van der Waals surface area contributed by atoms with Gasteiger partial charge in [-0.25, -0.2) is 4.98 Å². The van der Waals surface area contributed by atoms with Crippen molar-refractivity contribution >= 4 is 28.5 Å². The van der Waals surface area contributed by atoms with Crippen molar-refractivity contribution in [3.05, 3.63) is 78.4 Å². The van der Waals surface area contributed by atoms with Gasteiger partial charge in [0, 0.05) is 5.56 Å². The summed E-state index contributed by atoms with van der Waals surface area (Å²) < 4.78 is 5.48. The summed E-state index contributed by atoms with van der Waals surface area (Å²) in [6, 6.07) is 22.0. The lowest BCUT2D eigenvalue weighted by molar-refractivity contribution is -0.115. The first-order chi connectivity index (χ1) is 15.2. The molecule has 4 rings (SSSR count). The molecule has 156 valence electrons. The number of nitrogens with one attached hydrogen (secondary N) is 3. The second kappa shape index (κ2) is 9.13. The molecule has 4 aromatic rings. The Balaban J connectivity index is 1.46. The largest absolute Gasteiger partial charge is 0.493 e. The summed E-state index contributed by atoms with van der Waals surface area (Å²) in [6.45, 7) is 2.12. The van der Waals surface area contributed by atoms with E-state index in [1.807, 2.05) is 49.4 Å². The minimum atomic E-state index is -0.371. The van der Waals surface area contributed by atoms with E-state index in [2.05, 4.69) is 20.6 Å². The Morgan fingerprint density at radius 2 is 1.71 bits per heavy atom. The van der Waals surface area contributed by atoms with Gasteiger partial charge in [0.15, 0.2) is 0 Å². The van der Waals surface area contributed by atoms with Crippen LogP contribution >= 0.6 is 0 Å². The molecule has 0 atom stereocenters. The van der Waals surface area contributed by atoms with Gasteiger partial charge in [-0.1, -0.05) is 36.4 Å². The lowest BCUT2D eigenvalue weighted by Crippen LogP contribution is -2.33. The zero-order valence-electron chi connectivity index (χ0n) is 17.0. The number of rotatable bonds is 7. The van der Waals surface area contributed by atoms with Crippen LogP contribution in [0.2, 0.25) is 0 Å². The van der Waals surface area contributed by atoms with Gasteiger partial charge in [-0.2, -0.15) is 0 Å². The molecule has 0 saturated carbocycles. The first kappa shape index (κ1) is 20.2. The molecule has 0 aliphatic heterocycles. The second-order valence-corrected chi connectivity index (χ2v) is 6.81. The smallest absolute Gasteiger partial charge is 0.255 e. The van der Waals surface area contributed by atoms with Crippen LogP contribution in [-0.2, 0) is 4.79 Å². The van der Waals surface area contributed by atoms with E-state index in [-0.39, 0.29) is 18.4 Å². The number of amides is 2. The Bertz CT molecular complexity index is 1200. The van der Waals surface area contributed by atoms with Crippen LogP contribution in [0.1, 0.15) is 17.3 Å². The zero-order chi connectivity index (χ0) is 21.6. The van der Waals surface area contributed by atoms with Crippen molar-refractivity contribution in [2.45, 2.75) is 6.92 Å². The van der Waals surface area contributed by atoms with Gasteiger partial charge < -0.3 is 20.4 Å². The Morgan fingerprint density at radius 3 is 2.55 bits per heavy atom. The molecule has 1 aromatic heterocycles. The molecule has 0 fully saturated rings. The molecule has 0 spiro atoms. The molecule has 0 saturated heterocycles. The van der Waals surface area contributed by atoms with E-state index in [9.17, 15) is 9.59 Å². The molecule has 7 heteroatoms. The van der Waals surface area contributed by atoms with E-state index in [0.29, 0.717) is 29.4 Å². The number of hydrogen-bond acceptors (Lipinski definition) is 4. The van der Waals surface area contributed by atoms with E-state index < -0.39 is 0 Å². The summed E-state index contributed by atoms with van der Waals surface area (Å²) in [4.78, 5) is 32.9. The average Bonchev–Trinajstić information content (AvgIpc) is 3.22. The number of anilines is 1. The summed E-state index contributed by atoms with van der Waals surface area (Å²) in [6.07, 6.45) is 0. The fourth-order valence-electron chi connectivity index (χ4n) is 3.26. The van der Waals surface area contributed by atoms with Gasteiger partial charge in [0.05, 0.1) is 35.4 Å². The number of benzene rings is 3. The highest BCUT2D eigenvalue weighted by atomic mass is 16.5. The maximum Gasteiger partial charge on any atom is 0.255 e. The molecular weight excluding hydrogens is 392 g/mol. The molecule has 0 unspecified atom stereocenters. The van der Waals surface area contributed by atoms with Crippen LogP contribution in [0, 0.1) is 0 Å². The van der Waals surface area contributed by atoms with Gasteiger partial charge in [-0.05, 0) is 43.3 Å². The predicted octanol–water partition coefficient (Wildman–Crippen LogP) is 4.00. The van der Waals surface area contributed by atoms with Crippen LogP contribution in [0.5, 0.6) is 5.75 Å². The van der Waals surface area contributed by atoms with E-state index in [4.69, 9.17) is 4.74 Å². The number of carbonyl (C=O) groups excluding carboxylic acids is 2. The van der Waals surface area contributed by atoms with Crippen LogP contribution in [0.15, 0.2) is 72.8 Å². The fourth-order valence-corrected chi connectivity index (χ4v) is 3.26. The van der Waals surface area contributed by atoms with Crippen molar-refractivity contribution in [3.63, 3.8) is 0 Å². The Labute approximate surface area is 179 Å². The fraction of sp³-hybridized carbons (Fsp3) is 0.125. The van der Waals surface area contributed by atoms with Gasteiger partial charge in [0.25, 0.3) is 5.91 Å². The van der Waals surface area contributed by atoms with Gasteiger partial charge in [0.1, 0.15) is 11.6 Å². The average molecular weight is 414 g/mol. The van der Waals surface area contributed by atoms with Crippen LogP contribution in [0.3, 0.4) is 0 Å². The van der Waals surface area contributed by atoms with Gasteiger partial charge in [0.2, 0.25) is 5.91 Å². The van der Waals surface area contributed by atoms with Crippen LogP contribution in [0.4, 0.5) is 5.69 Å². The maximum atomic E-state index is 12.5. The quantitative estimate of drug-likeness (QED) is 0.426. The summed E-state index contributed by atoms with van der Waals surface area (Å²) in [5, 5.41) is 5.50. The number of aromatic nitrogens is 2. The highest BCUT2D eigenvalue weighted by Crippen LogP contribution is 2.27. The van der Waals surface area contributed by atoms with Crippen molar-refractivity contribution in [2.75, 3.05) is 18.5 Å². The Kier molecular flexibility index (Phi) is 5.93. The zero-order valence-corrected chi connectivity index (χ0v) is 17.0. The third-order valence-corrected chi connectivity index (χ3v) is 4.69. The maximum absolute atomic E-state index is 12.5.